The van der Waals surface area contributed by atoms with Gasteiger partial charge in [0.2, 0.25) is 0 Å². The van der Waals surface area contributed by atoms with Crippen LogP contribution in [0.2, 0.25) is 0 Å². The summed E-state index contributed by atoms with van der Waals surface area (Å²) < 4.78 is 11.5. The van der Waals surface area contributed by atoms with Crippen LogP contribution in [-0.4, -0.2) is 4.98 Å². The second-order valence-corrected chi connectivity index (χ2v) is 5.43. The Morgan fingerprint density at radius 2 is 1.95 bits per heavy atom. The van der Waals surface area contributed by atoms with Crippen LogP contribution >= 0.6 is 0 Å². The number of rotatable bonds is 4. The lowest BCUT2D eigenvalue weighted by Gasteiger charge is -2.05. The van der Waals surface area contributed by atoms with Gasteiger partial charge in [-0.25, -0.2) is 4.98 Å². The summed E-state index contributed by atoms with van der Waals surface area (Å²) >= 11 is 0. The molecule has 0 unspecified atom stereocenters. The number of benzene rings is 2. The Morgan fingerprint density at radius 3 is 2.64 bits per heavy atom. The standard InChI is InChI=1S/C18H16N2O2/c1-12(2)18-20-16-9-15(7-8-17(16)22-18)21-11-14-5-3-13(10-19)4-6-14/h3-9,12H,11H2,1-2H3. The molecule has 0 atom stereocenters. The number of oxazole rings is 1. The zero-order valence-electron chi connectivity index (χ0n) is 12.5. The van der Waals surface area contributed by atoms with E-state index >= 15 is 0 Å². The van der Waals surface area contributed by atoms with Crippen molar-refractivity contribution < 1.29 is 9.15 Å². The molecule has 0 saturated carbocycles. The molecule has 1 aromatic heterocycles. The molecule has 4 heteroatoms. The number of ether oxygens (including phenoxy) is 1. The first-order chi connectivity index (χ1) is 10.7. The minimum atomic E-state index is 0.260. The molecule has 0 aliphatic rings. The fourth-order valence-corrected chi connectivity index (χ4v) is 2.10. The van der Waals surface area contributed by atoms with Gasteiger partial charge < -0.3 is 9.15 Å². The fourth-order valence-electron chi connectivity index (χ4n) is 2.10. The van der Waals surface area contributed by atoms with Gasteiger partial charge >= 0.3 is 0 Å². The van der Waals surface area contributed by atoms with Gasteiger partial charge in [-0.15, -0.1) is 0 Å². The Hall–Kier alpha value is -2.80. The molecule has 0 bridgehead atoms. The molecule has 2 aromatic carbocycles. The first kappa shape index (κ1) is 14.2. The molecule has 110 valence electrons. The topological polar surface area (TPSA) is 59.0 Å². The number of nitriles is 1. The third kappa shape index (κ3) is 2.94. The van der Waals surface area contributed by atoms with E-state index in [0.717, 1.165) is 28.3 Å². The molecule has 4 nitrogen and oxygen atoms in total. The average molecular weight is 292 g/mol. The average Bonchev–Trinajstić information content (AvgIpc) is 2.97. The first-order valence-electron chi connectivity index (χ1n) is 7.18. The minimum Gasteiger partial charge on any atom is -0.489 e. The van der Waals surface area contributed by atoms with Crippen LogP contribution in [0.15, 0.2) is 46.9 Å². The second kappa shape index (κ2) is 5.90. The maximum absolute atomic E-state index is 8.78. The van der Waals surface area contributed by atoms with E-state index in [9.17, 15) is 0 Å². The summed E-state index contributed by atoms with van der Waals surface area (Å²) in [6.45, 7) is 4.55. The van der Waals surface area contributed by atoms with Crippen molar-refractivity contribution in [2.24, 2.45) is 0 Å². The van der Waals surface area contributed by atoms with Crippen LogP contribution in [0.3, 0.4) is 0 Å². The summed E-state index contributed by atoms with van der Waals surface area (Å²) in [6, 6.07) is 15.1. The molecule has 3 aromatic rings. The van der Waals surface area contributed by atoms with Crippen molar-refractivity contribution in [1.82, 2.24) is 4.98 Å². The van der Waals surface area contributed by atoms with Crippen LogP contribution in [0.5, 0.6) is 5.75 Å². The van der Waals surface area contributed by atoms with Crippen molar-refractivity contribution in [3.8, 4) is 11.8 Å². The molecule has 0 fully saturated rings. The van der Waals surface area contributed by atoms with Crippen molar-refractivity contribution >= 4 is 11.1 Å². The SMILES string of the molecule is CC(C)c1nc2cc(OCc3ccc(C#N)cc3)ccc2o1. The van der Waals surface area contributed by atoms with Crippen molar-refractivity contribution in [2.45, 2.75) is 26.4 Å². The smallest absolute Gasteiger partial charge is 0.198 e. The number of fused-ring (bicyclic) bond motifs is 1. The molecule has 0 spiro atoms. The third-order valence-electron chi connectivity index (χ3n) is 3.36. The van der Waals surface area contributed by atoms with E-state index < -0.39 is 0 Å². The molecule has 22 heavy (non-hydrogen) atoms. The largest absolute Gasteiger partial charge is 0.489 e. The Kier molecular flexibility index (Phi) is 3.80. The van der Waals surface area contributed by atoms with Crippen LogP contribution < -0.4 is 4.74 Å². The van der Waals surface area contributed by atoms with E-state index in [4.69, 9.17) is 14.4 Å². The zero-order valence-corrected chi connectivity index (χ0v) is 12.5. The molecule has 0 aliphatic heterocycles. The van der Waals surface area contributed by atoms with Gasteiger partial charge in [-0.05, 0) is 29.8 Å². The number of aromatic nitrogens is 1. The number of nitrogens with zero attached hydrogens (tertiary/aromatic N) is 2. The Bertz CT molecular complexity index is 826. The van der Waals surface area contributed by atoms with Gasteiger partial charge in [0.15, 0.2) is 11.5 Å². The van der Waals surface area contributed by atoms with Gasteiger partial charge in [0.25, 0.3) is 0 Å². The highest BCUT2D eigenvalue weighted by molar-refractivity contribution is 5.74. The van der Waals surface area contributed by atoms with Crippen molar-refractivity contribution in [3.63, 3.8) is 0 Å². The van der Waals surface area contributed by atoms with E-state index in [1.54, 1.807) is 12.1 Å². The van der Waals surface area contributed by atoms with Crippen molar-refractivity contribution in [1.29, 1.82) is 5.26 Å². The lowest BCUT2D eigenvalue weighted by molar-refractivity contribution is 0.306. The summed E-state index contributed by atoms with van der Waals surface area (Å²) in [5.41, 5.74) is 3.24. The highest BCUT2D eigenvalue weighted by Gasteiger charge is 2.10. The lowest BCUT2D eigenvalue weighted by Crippen LogP contribution is -1.95. The molecule has 0 aliphatic carbocycles. The van der Waals surface area contributed by atoms with Crippen LogP contribution in [-0.2, 0) is 6.61 Å². The summed E-state index contributed by atoms with van der Waals surface area (Å²) in [7, 11) is 0. The molecular formula is C18H16N2O2. The second-order valence-electron chi connectivity index (χ2n) is 5.43. The van der Waals surface area contributed by atoms with E-state index in [-0.39, 0.29) is 5.92 Å². The molecule has 0 saturated heterocycles. The van der Waals surface area contributed by atoms with Crippen LogP contribution in [0, 0.1) is 11.3 Å². The van der Waals surface area contributed by atoms with Gasteiger partial charge in [0.1, 0.15) is 17.9 Å². The summed E-state index contributed by atoms with van der Waals surface area (Å²) in [6.07, 6.45) is 0. The zero-order chi connectivity index (χ0) is 15.5. The molecule has 3 rings (SSSR count). The first-order valence-corrected chi connectivity index (χ1v) is 7.18. The lowest BCUT2D eigenvalue weighted by atomic mass is 10.2. The summed E-state index contributed by atoms with van der Waals surface area (Å²) in [5, 5.41) is 8.78. The Balaban J connectivity index is 1.74. The Labute approximate surface area is 129 Å². The molecule has 0 radical (unpaired) electrons. The molecule has 1 heterocycles. The molecule has 0 amide bonds. The Morgan fingerprint density at radius 1 is 1.18 bits per heavy atom. The van der Waals surface area contributed by atoms with E-state index in [1.807, 2.05) is 44.2 Å². The summed E-state index contributed by atoms with van der Waals surface area (Å²) in [4.78, 5) is 4.47. The normalized spacial score (nSPS) is 10.8. The molecule has 0 N–H and O–H groups in total. The van der Waals surface area contributed by atoms with Gasteiger partial charge in [-0.2, -0.15) is 5.26 Å². The quantitative estimate of drug-likeness (QED) is 0.715. The van der Waals surface area contributed by atoms with Gasteiger partial charge in [-0.1, -0.05) is 26.0 Å². The van der Waals surface area contributed by atoms with Gasteiger partial charge in [0.05, 0.1) is 11.6 Å². The van der Waals surface area contributed by atoms with E-state index in [2.05, 4.69) is 11.1 Å². The summed E-state index contributed by atoms with van der Waals surface area (Å²) in [5.74, 6) is 1.75. The highest BCUT2D eigenvalue weighted by atomic mass is 16.5. The monoisotopic (exact) mass is 292 g/mol. The highest BCUT2D eigenvalue weighted by Crippen LogP contribution is 2.25. The minimum absolute atomic E-state index is 0.260. The van der Waals surface area contributed by atoms with Crippen LogP contribution in [0.25, 0.3) is 11.1 Å². The van der Waals surface area contributed by atoms with Crippen LogP contribution in [0.4, 0.5) is 0 Å². The molecular weight excluding hydrogens is 276 g/mol. The van der Waals surface area contributed by atoms with Gasteiger partial charge in [0, 0.05) is 12.0 Å². The number of hydrogen-bond donors (Lipinski definition) is 0. The fraction of sp³-hybridized carbons (Fsp3) is 0.222. The van der Waals surface area contributed by atoms with Crippen molar-refractivity contribution in [3.05, 3.63) is 59.5 Å². The van der Waals surface area contributed by atoms with E-state index in [1.165, 1.54) is 0 Å². The van der Waals surface area contributed by atoms with Crippen LogP contribution in [0.1, 0.15) is 36.8 Å². The third-order valence-corrected chi connectivity index (χ3v) is 3.36. The van der Waals surface area contributed by atoms with Gasteiger partial charge in [-0.3, -0.25) is 0 Å². The maximum atomic E-state index is 8.78. The van der Waals surface area contributed by atoms with Crippen molar-refractivity contribution in [2.75, 3.05) is 0 Å². The predicted molar refractivity (Wildman–Crippen MR) is 83.6 cm³/mol. The number of hydrogen-bond acceptors (Lipinski definition) is 4. The van der Waals surface area contributed by atoms with E-state index in [0.29, 0.717) is 12.2 Å². The maximum Gasteiger partial charge on any atom is 0.198 e. The predicted octanol–water partition coefficient (Wildman–Crippen LogP) is 4.40.